The SMILES string of the molecule is Cc1c(OCC(=O)N2CCN(Cc3ccco3)CC2)ccc2c3c(c(=O)oc12)CCC3. The lowest BCUT2D eigenvalue weighted by Crippen LogP contribution is -2.49. The van der Waals surface area contributed by atoms with Crippen molar-refractivity contribution >= 4 is 16.9 Å². The molecule has 0 N–H and O–H groups in total. The molecule has 0 atom stereocenters. The first-order valence-electron chi connectivity index (χ1n) is 10.8. The van der Waals surface area contributed by atoms with Gasteiger partial charge in [0.1, 0.15) is 17.1 Å². The van der Waals surface area contributed by atoms with Crippen LogP contribution in [0.25, 0.3) is 11.0 Å². The fraction of sp³-hybridized carbons (Fsp3) is 0.417. The summed E-state index contributed by atoms with van der Waals surface area (Å²) in [6, 6.07) is 7.68. The third-order valence-corrected chi connectivity index (χ3v) is 6.38. The van der Waals surface area contributed by atoms with Crippen LogP contribution in [0.15, 0.2) is 44.2 Å². The number of furan rings is 1. The van der Waals surface area contributed by atoms with Crippen LogP contribution in [0, 0.1) is 6.92 Å². The van der Waals surface area contributed by atoms with Gasteiger partial charge in [-0.3, -0.25) is 9.69 Å². The van der Waals surface area contributed by atoms with E-state index in [1.54, 1.807) is 6.26 Å². The number of ether oxygens (including phenoxy) is 1. The van der Waals surface area contributed by atoms with Crippen LogP contribution in [0.1, 0.15) is 28.9 Å². The highest BCUT2D eigenvalue weighted by Crippen LogP contribution is 2.33. The van der Waals surface area contributed by atoms with E-state index in [-0.39, 0.29) is 18.1 Å². The lowest BCUT2D eigenvalue weighted by atomic mass is 10.0. The van der Waals surface area contributed by atoms with Crippen molar-refractivity contribution in [2.45, 2.75) is 32.7 Å². The molecule has 162 valence electrons. The zero-order valence-corrected chi connectivity index (χ0v) is 17.7. The maximum Gasteiger partial charge on any atom is 0.339 e. The maximum atomic E-state index is 12.7. The molecular formula is C24H26N2O5. The van der Waals surface area contributed by atoms with E-state index in [1.165, 1.54) is 0 Å². The van der Waals surface area contributed by atoms with Crippen molar-refractivity contribution in [1.82, 2.24) is 9.80 Å². The Kier molecular flexibility index (Phi) is 5.28. The Labute approximate surface area is 180 Å². The number of amides is 1. The average Bonchev–Trinajstić information content (AvgIpc) is 3.47. The number of benzene rings is 1. The molecule has 1 aliphatic carbocycles. The number of fused-ring (bicyclic) bond motifs is 3. The Balaban J connectivity index is 1.22. The van der Waals surface area contributed by atoms with Gasteiger partial charge in [-0.15, -0.1) is 0 Å². The van der Waals surface area contributed by atoms with Gasteiger partial charge < -0.3 is 18.5 Å². The van der Waals surface area contributed by atoms with E-state index in [1.807, 2.05) is 36.1 Å². The molecular weight excluding hydrogens is 396 g/mol. The summed E-state index contributed by atoms with van der Waals surface area (Å²) in [6.07, 6.45) is 4.36. The molecule has 0 radical (unpaired) electrons. The molecule has 7 nitrogen and oxygen atoms in total. The summed E-state index contributed by atoms with van der Waals surface area (Å²) >= 11 is 0. The van der Waals surface area contributed by atoms with Crippen LogP contribution >= 0.6 is 0 Å². The van der Waals surface area contributed by atoms with E-state index in [0.29, 0.717) is 24.4 Å². The van der Waals surface area contributed by atoms with Gasteiger partial charge in [-0.1, -0.05) is 0 Å². The second-order valence-electron chi connectivity index (χ2n) is 8.29. The molecule has 7 heteroatoms. The molecule has 2 aromatic heterocycles. The number of hydrogen-bond acceptors (Lipinski definition) is 6. The third kappa shape index (κ3) is 3.85. The highest BCUT2D eigenvalue weighted by Gasteiger charge is 2.24. The zero-order chi connectivity index (χ0) is 21.4. The molecule has 1 amide bonds. The summed E-state index contributed by atoms with van der Waals surface area (Å²) in [7, 11) is 0. The lowest BCUT2D eigenvalue weighted by Gasteiger charge is -2.34. The second kappa shape index (κ2) is 8.23. The van der Waals surface area contributed by atoms with Crippen LogP contribution in [0.4, 0.5) is 0 Å². The number of nitrogens with zero attached hydrogens (tertiary/aromatic N) is 2. The van der Waals surface area contributed by atoms with E-state index in [2.05, 4.69) is 4.90 Å². The van der Waals surface area contributed by atoms with Crippen molar-refractivity contribution in [2.24, 2.45) is 0 Å². The van der Waals surface area contributed by atoms with Gasteiger partial charge in [0, 0.05) is 42.7 Å². The predicted molar refractivity (Wildman–Crippen MR) is 115 cm³/mol. The Morgan fingerprint density at radius 2 is 1.90 bits per heavy atom. The van der Waals surface area contributed by atoms with Gasteiger partial charge >= 0.3 is 5.63 Å². The third-order valence-electron chi connectivity index (χ3n) is 6.38. The molecule has 0 spiro atoms. The summed E-state index contributed by atoms with van der Waals surface area (Å²) in [5.41, 5.74) is 3.00. The van der Waals surface area contributed by atoms with Crippen LogP contribution in [0.5, 0.6) is 5.75 Å². The van der Waals surface area contributed by atoms with Crippen molar-refractivity contribution in [3.8, 4) is 5.75 Å². The zero-order valence-electron chi connectivity index (χ0n) is 17.7. The van der Waals surface area contributed by atoms with Crippen LogP contribution < -0.4 is 10.4 Å². The first-order valence-corrected chi connectivity index (χ1v) is 10.8. The molecule has 0 saturated carbocycles. The molecule has 31 heavy (non-hydrogen) atoms. The van der Waals surface area contributed by atoms with Gasteiger partial charge in [-0.25, -0.2) is 4.79 Å². The number of piperazine rings is 1. The van der Waals surface area contributed by atoms with Crippen molar-refractivity contribution in [1.29, 1.82) is 0 Å². The number of carbonyl (C=O) groups is 1. The van der Waals surface area contributed by atoms with Gasteiger partial charge in [0.25, 0.3) is 5.91 Å². The van der Waals surface area contributed by atoms with E-state index < -0.39 is 0 Å². The minimum Gasteiger partial charge on any atom is -0.483 e. The van der Waals surface area contributed by atoms with Crippen molar-refractivity contribution in [3.05, 3.63) is 63.4 Å². The summed E-state index contributed by atoms with van der Waals surface area (Å²) < 4.78 is 16.9. The molecule has 1 aliphatic heterocycles. The quantitative estimate of drug-likeness (QED) is 0.589. The van der Waals surface area contributed by atoms with E-state index >= 15 is 0 Å². The van der Waals surface area contributed by atoms with Crippen LogP contribution in [0.3, 0.4) is 0 Å². The average molecular weight is 422 g/mol. The number of carbonyl (C=O) groups excluding carboxylic acids is 1. The summed E-state index contributed by atoms with van der Waals surface area (Å²) in [6.45, 7) is 5.55. The smallest absolute Gasteiger partial charge is 0.339 e. The van der Waals surface area contributed by atoms with E-state index in [0.717, 1.165) is 66.7 Å². The minimum absolute atomic E-state index is 0.0281. The van der Waals surface area contributed by atoms with Crippen LogP contribution in [0.2, 0.25) is 0 Å². The van der Waals surface area contributed by atoms with Crippen molar-refractivity contribution < 1.29 is 18.4 Å². The molecule has 0 unspecified atom stereocenters. The molecule has 1 fully saturated rings. The normalized spacial score (nSPS) is 16.6. The highest BCUT2D eigenvalue weighted by atomic mass is 16.5. The number of aryl methyl sites for hydroxylation is 2. The van der Waals surface area contributed by atoms with Gasteiger partial charge in [0.15, 0.2) is 6.61 Å². The Morgan fingerprint density at radius 1 is 1.10 bits per heavy atom. The van der Waals surface area contributed by atoms with Gasteiger partial charge in [-0.2, -0.15) is 0 Å². The molecule has 3 heterocycles. The fourth-order valence-corrected chi connectivity index (χ4v) is 4.63. The topological polar surface area (TPSA) is 76.1 Å². The van der Waals surface area contributed by atoms with E-state index in [9.17, 15) is 9.59 Å². The Hall–Kier alpha value is -3.06. The summed E-state index contributed by atoms with van der Waals surface area (Å²) in [5, 5.41) is 0.982. The van der Waals surface area contributed by atoms with Gasteiger partial charge in [0.2, 0.25) is 0 Å². The molecule has 0 bridgehead atoms. The van der Waals surface area contributed by atoms with Crippen LogP contribution in [-0.4, -0.2) is 48.5 Å². The second-order valence-corrected chi connectivity index (χ2v) is 8.29. The highest BCUT2D eigenvalue weighted by molar-refractivity contribution is 5.86. The largest absolute Gasteiger partial charge is 0.483 e. The number of rotatable bonds is 5. The minimum atomic E-state index is -0.247. The lowest BCUT2D eigenvalue weighted by molar-refractivity contribution is -0.135. The number of hydrogen-bond donors (Lipinski definition) is 0. The predicted octanol–water partition coefficient (Wildman–Crippen LogP) is 2.91. The first-order chi connectivity index (χ1) is 15.1. The van der Waals surface area contributed by atoms with Crippen molar-refractivity contribution in [2.75, 3.05) is 32.8 Å². The molecule has 3 aromatic rings. The fourth-order valence-electron chi connectivity index (χ4n) is 4.63. The maximum absolute atomic E-state index is 12.7. The summed E-state index contributed by atoms with van der Waals surface area (Å²) in [4.78, 5) is 29.1. The summed E-state index contributed by atoms with van der Waals surface area (Å²) in [5.74, 6) is 1.48. The van der Waals surface area contributed by atoms with Crippen LogP contribution in [-0.2, 0) is 24.2 Å². The first kappa shape index (κ1) is 19.9. The van der Waals surface area contributed by atoms with Gasteiger partial charge in [-0.05, 0) is 56.0 Å². The molecule has 1 saturated heterocycles. The molecule has 1 aromatic carbocycles. The van der Waals surface area contributed by atoms with E-state index in [4.69, 9.17) is 13.6 Å². The Morgan fingerprint density at radius 3 is 2.68 bits per heavy atom. The van der Waals surface area contributed by atoms with Crippen molar-refractivity contribution in [3.63, 3.8) is 0 Å². The molecule has 5 rings (SSSR count). The monoisotopic (exact) mass is 422 g/mol. The molecule has 2 aliphatic rings. The standard InChI is InChI=1S/C24H26N2O5/c1-16-21(8-7-19-18-5-2-6-20(18)24(28)31-23(16)19)30-15-22(27)26-11-9-25(10-12-26)14-17-4-3-13-29-17/h3-4,7-8,13H,2,5-6,9-12,14-15H2,1H3. The van der Waals surface area contributed by atoms with Gasteiger partial charge in [0.05, 0.1) is 12.8 Å². The Bertz CT molecular complexity index is 1160.